The number of aryl methyl sites for hydroxylation is 2. The molecule has 2 aromatic rings. The van der Waals surface area contributed by atoms with Crippen LogP contribution >= 0.6 is 0 Å². The normalized spacial score (nSPS) is 10.9. The van der Waals surface area contributed by atoms with Gasteiger partial charge in [-0.15, -0.1) is 0 Å². The molecule has 0 spiro atoms. The molecule has 0 bridgehead atoms. The lowest BCUT2D eigenvalue weighted by Gasteiger charge is -2.03. The van der Waals surface area contributed by atoms with E-state index in [9.17, 15) is 0 Å². The van der Waals surface area contributed by atoms with Gasteiger partial charge in [-0.1, -0.05) is 18.2 Å². The van der Waals surface area contributed by atoms with Crippen molar-refractivity contribution in [2.24, 2.45) is 4.99 Å². The van der Waals surface area contributed by atoms with E-state index in [0.717, 1.165) is 11.3 Å². The van der Waals surface area contributed by atoms with Crippen LogP contribution in [0, 0.1) is 13.8 Å². The third-order valence-corrected chi connectivity index (χ3v) is 2.49. The lowest BCUT2D eigenvalue weighted by Crippen LogP contribution is -1.83. The number of aliphatic imine (C=N–C) groups is 1. The first-order valence-corrected chi connectivity index (χ1v) is 5.27. The molecule has 0 fully saturated rings. The smallest absolute Gasteiger partial charge is 0.0688 e. The summed E-state index contributed by atoms with van der Waals surface area (Å²) in [7, 11) is 0. The predicted molar refractivity (Wildman–Crippen MR) is 67.4 cm³/mol. The molecule has 0 aliphatic carbocycles. The number of rotatable bonds is 2. The summed E-state index contributed by atoms with van der Waals surface area (Å²) in [6.45, 7) is 4.15. The van der Waals surface area contributed by atoms with E-state index >= 15 is 0 Å². The number of nitrogens with zero attached hydrogens (tertiary/aromatic N) is 2. The van der Waals surface area contributed by atoms with E-state index in [-0.39, 0.29) is 0 Å². The summed E-state index contributed by atoms with van der Waals surface area (Å²) in [4.78, 5) is 8.50. The van der Waals surface area contributed by atoms with Crippen LogP contribution < -0.4 is 0 Å². The van der Waals surface area contributed by atoms with Gasteiger partial charge in [-0.3, -0.25) is 9.98 Å². The Bertz CT molecular complexity index is 481. The van der Waals surface area contributed by atoms with Gasteiger partial charge in [-0.2, -0.15) is 0 Å². The fourth-order valence-electron chi connectivity index (χ4n) is 1.60. The van der Waals surface area contributed by atoms with Gasteiger partial charge < -0.3 is 0 Å². The van der Waals surface area contributed by atoms with Crippen molar-refractivity contribution in [1.29, 1.82) is 0 Å². The molecule has 1 aromatic carbocycles. The fourth-order valence-corrected chi connectivity index (χ4v) is 1.60. The number of hydrogen-bond donors (Lipinski definition) is 0. The van der Waals surface area contributed by atoms with Crippen LogP contribution in [0.3, 0.4) is 0 Å². The third-order valence-electron chi connectivity index (χ3n) is 2.49. The zero-order valence-corrected chi connectivity index (χ0v) is 9.51. The molecule has 1 heterocycles. The van der Waals surface area contributed by atoms with Crippen LogP contribution in [0.1, 0.15) is 16.7 Å². The highest BCUT2D eigenvalue weighted by Gasteiger charge is 1.98. The van der Waals surface area contributed by atoms with Crippen LogP contribution in [0.25, 0.3) is 0 Å². The van der Waals surface area contributed by atoms with E-state index < -0.39 is 0 Å². The van der Waals surface area contributed by atoms with E-state index in [1.165, 1.54) is 11.1 Å². The summed E-state index contributed by atoms with van der Waals surface area (Å²) in [6, 6.07) is 10.1. The van der Waals surface area contributed by atoms with Crippen LogP contribution in [-0.4, -0.2) is 11.2 Å². The highest BCUT2D eigenvalue weighted by molar-refractivity contribution is 5.82. The molecular weight excluding hydrogens is 196 g/mol. The number of aromatic nitrogens is 1. The van der Waals surface area contributed by atoms with Crippen molar-refractivity contribution in [2.45, 2.75) is 13.8 Å². The van der Waals surface area contributed by atoms with Crippen LogP contribution in [0.4, 0.5) is 5.69 Å². The molecular formula is C14H14N2. The SMILES string of the molecule is Cc1cccc(C)c1N=Cc1ccncc1. The van der Waals surface area contributed by atoms with E-state index in [0.29, 0.717) is 0 Å². The maximum atomic E-state index is 4.52. The van der Waals surface area contributed by atoms with Crippen molar-refractivity contribution in [3.05, 3.63) is 59.4 Å². The summed E-state index contributed by atoms with van der Waals surface area (Å²) in [5, 5.41) is 0. The van der Waals surface area contributed by atoms with E-state index in [4.69, 9.17) is 0 Å². The Morgan fingerprint density at radius 2 is 1.62 bits per heavy atom. The molecule has 0 radical (unpaired) electrons. The average molecular weight is 210 g/mol. The molecule has 0 saturated heterocycles. The maximum absolute atomic E-state index is 4.52. The zero-order valence-electron chi connectivity index (χ0n) is 9.51. The fraction of sp³-hybridized carbons (Fsp3) is 0.143. The molecule has 2 rings (SSSR count). The molecule has 16 heavy (non-hydrogen) atoms. The number of benzene rings is 1. The van der Waals surface area contributed by atoms with Gasteiger partial charge >= 0.3 is 0 Å². The highest BCUT2D eigenvalue weighted by atomic mass is 14.7. The second-order valence-corrected chi connectivity index (χ2v) is 3.78. The highest BCUT2D eigenvalue weighted by Crippen LogP contribution is 2.22. The Hall–Kier alpha value is -1.96. The Morgan fingerprint density at radius 1 is 1.00 bits per heavy atom. The van der Waals surface area contributed by atoms with Gasteiger partial charge in [0.05, 0.1) is 5.69 Å². The summed E-state index contributed by atoms with van der Waals surface area (Å²) in [5.41, 5.74) is 4.52. The van der Waals surface area contributed by atoms with Crippen molar-refractivity contribution in [1.82, 2.24) is 4.98 Å². The topological polar surface area (TPSA) is 25.2 Å². The predicted octanol–water partition coefficient (Wildman–Crippen LogP) is 3.45. The largest absolute Gasteiger partial charge is 0.265 e. The van der Waals surface area contributed by atoms with Crippen LogP contribution in [0.5, 0.6) is 0 Å². The van der Waals surface area contributed by atoms with Gasteiger partial charge in [0.2, 0.25) is 0 Å². The van der Waals surface area contributed by atoms with Gasteiger partial charge in [0.1, 0.15) is 0 Å². The van der Waals surface area contributed by atoms with Crippen LogP contribution in [-0.2, 0) is 0 Å². The first kappa shape index (κ1) is 10.6. The first-order valence-electron chi connectivity index (χ1n) is 5.27. The van der Waals surface area contributed by atoms with Gasteiger partial charge in [-0.05, 0) is 42.7 Å². The summed E-state index contributed by atoms with van der Waals surface area (Å²) in [6.07, 6.45) is 5.41. The zero-order chi connectivity index (χ0) is 11.4. The quantitative estimate of drug-likeness (QED) is 0.697. The molecule has 1 aromatic heterocycles. The average Bonchev–Trinajstić information content (AvgIpc) is 2.30. The van der Waals surface area contributed by atoms with Gasteiger partial charge in [0.25, 0.3) is 0 Å². The summed E-state index contributed by atoms with van der Waals surface area (Å²) in [5.74, 6) is 0. The minimum atomic E-state index is 1.05. The van der Waals surface area contributed by atoms with Crippen molar-refractivity contribution in [3.8, 4) is 0 Å². The van der Waals surface area contributed by atoms with E-state index in [1.807, 2.05) is 18.3 Å². The molecule has 2 nitrogen and oxygen atoms in total. The van der Waals surface area contributed by atoms with Crippen molar-refractivity contribution >= 4 is 11.9 Å². The second kappa shape index (κ2) is 4.71. The Kier molecular flexibility index (Phi) is 3.10. The second-order valence-electron chi connectivity index (χ2n) is 3.78. The molecule has 0 N–H and O–H groups in total. The third kappa shape index (κ3) is 2.34. The number of hydrogen-bond acceptors (Lipinski definition) is 2. The van der Waals surface area contributed by atoms with Gasteiger partial charge in [-0.25, -0.2) is 0 Å². The maximum Gasteiger partial charge on any atom is 0.0688 e. The molecule has 2 heteroatoms. The van der Waals surface area contributed by atoms with Crippen molar-refractivity contribution in [3.63, 3.8) is 0 Å². The van der Waals surface area contributed by atoms with Crippen LogP contribution in [0.2, 0.25) is 0 Å². The first-order chi connectivity index (χ1) is 7.77. The molecule has 0 amide bonds. The molecule has 0 atom stereocenters. The molecule has 0 aliphatic heterocycles. The Labute approximate surface area is 95.7 Å². The minimum absolute atomic E-state index is 1.05. The van der Waals surface area contributed by atoms with Gasteiger partial charge in [0.15, 0.2) is 0 Å². The Morgan fingerprint density at radius 3 is 2.25 bits per heavy atom. The van der Waals surface area contributed by atoms with Crippen molar-refractivity contribution in [2.75, 3.05) is 0 Å². The van der Waals surface area contributed by atoms with E-state index in [2.05, 4.69) is 42.0 Å². The molecule has 0 unspecified atom stereocenters. The number of para-hydroxylation sites is 1. The standard InChI is InChI=1S/C14H14N2/c1-11-4-3-5-12(2)14(11)16-10-13-6-8-15-9-7-13/h3-10H,1-2H3. The minimum Gasteiger partial charge on any atom is -0.265 e. The van der Waals surface area contributed by atoms with Gasteiger partial charge in [0, 0.05) is 18.6 Å². The van der Waals surface area contributed by atoms with Crippen molar-refractivity contribution < 1.29 is 0 Å². The van der Waals surface area contributed by atoms with E-state index in [1.54, 1.807) is 12.4 Å². The monoisotopic (exact) mass is 210 g/mol. The van der Waals surface area contributed by atoms with Crippen LogP contribution in [0.15, 0.2) is 47.7 Å². The molecule has 0 aliphatic rings. The molecule has 80 valence electrons. The summed E-state index contributed by atoms with van der Waals surface area (Å²) < 4.78 is 0. The Balaban J connectivity index is 2.31. The summed E-state index contributed by atoms with van der Waals surface area (Å²) >= 11 is 0. The molecule has 0 saturated carbocycles. The number of pyridine rings is 1. The lowest BCUT2D eigenvalue weighted by molar-refractivity contribution is 1.31. The lowest BCUT2D eigenvalue weighted by atomic mass is 10.1.